The Morgan fingerprint density at radius 2 is 1.81 bits per heavy atom. The number of hydrogen-bond donors (Lipinski definition) is 1. The monoisotopic (exact) mass is 579 g/mol. The summed E-state index contributed by atoms with van der Waals surface area (Å²) in [5, 5.41) is 16.1. The lowest BCUT2D eigenvalue weighted by Gasteiger charge is -2.21. The third-order valence-corrected chi connectivity index (χ3v) is 6.69. The smallest absolute Gasteiger partial charge is 0.344 e. The highest BCUT2D eigenvalue weighted by Crippen LogP contribution is 2.31. The number of alkyl halides is 3. The van der Waals surface area contributed by atoms with Crippen LogP contribution in [-0.4, -0.2) is 55.5 Å². The van der Waals surface area contributed by atoms with E-state index in [-0.39, 0.29) is 28.5 Å². The molecule has 0 aliphatic rings. The van der Waals surface area contributed by atoms with Gasteiger partial charge in [-0.15, -0.1) is 0 Å². The van der Waals surface area contributed by atoms with E-state index in [0.717, 1.165) is 16.8 Å². The number of rotatable bonds is 8. The van der Waals surface area contributed by atoms with Crippen LogP contribution in [0.5, 0.6) is 0 Å². The van der Waals surface area contributed by atoms with Crippen molar-refractivity contribution in [3.63, 3.8) is 0 Å². The van der Waals surface area contributed by atoms with Crippen LogP contribution in [0.3, 0.4) is 0 Å². The summed E-state index contributed by atoms with van der Waals surface area (Å²) in [5.41, 5.74) is -1.13. The van der Waals surface area contributed by atoms with E-state index in [1.54, 1.807) is 37.4 Å². The molecule has 0 spiro atoms. The van der Waals surface area contributed by atoms with Crippen molar-refractivity contribution < 1.29 is 22.8 Å². The van der Waals surface area contributed by atoms with Gasteiger partial charge in [0.05, 0.1) is 40.5 Å². The van der Waals surface area contributed by atoms with Gasteiger partial charge in [0.15, 0.2) is 0 Å². The van der Waals surface area contributed by atoms with E-state index in [2.05, 4.69) is 10.4 Å². The van der Waals surface area contributed by atoms with Crippen molar-refractivity contribution in [2.75, 3.05) is 13.6 Å². The Kier molecular flexibility index (Phi) is 8.37. The predicted molar refractivity (Wildman–Crippen MR) is 148 cm³/mol. The van der Waals surface area contributed by atoms with Gasteiger partial charge < -0.3 is 10.2 Å². The Morgan fingerprint density at radius 3 is 2.43 bits per heavy atom. The van der Waals surface area contributed by atoms with Crippen molar-refractivity contribution in [1.29, 1.82) is 5.26 Å². The van der Waals surface area contributed by atoms with Crippen molar-refractivity contribution in [2.45, 2.75) is 32.5 Å². The van der Waals surface area contributed by atoms with E-state index in [1.807, 2.05) is 13.0 Å². The van der Waals surface area contributed by atoms with Gasteiger partial charge in [0.1, 0.15) is 17.3 Å². The second-order valence-corrected chi connectivity index (χ2v) is 9.65. The summed E-state index contributed by atoms with van der Waals surface area (Å²) in [4.78, 5) is 41.8. The quantitative estimate of drug-likeness (QED) is 0.340. The molecule has 0 saturated carbocycles. The lowest BCUT2D eigenvalue weighted by atomic mass is 10.1. The topological polar surface area (TPSA) is 118 Å². The molecule has 13 heteroatoms. The molecule has 2 amide bonds. The SMILES string of the molecule is CCCN(C)C(=O)[C@H](C)NC(=O)c1c(-c2ccnn2-c2ccc(C#N)cc2)n(C)n(-c2cccc(C(F)(F)F)c2)c1=O. The third kappa shape index (κ3) is 5.69. The number of nitrogens with one attached hydrogen (secondary N) is 1. The van der Waals surface area contributed by atoms with E-state index in [0.29, 0.717) is 24.2 Å². The van der Waals surface area contributed by atoms with E-state index in [4.69, 9.17) is 5.26 Å². The molecular weight excluding hydrogens is 551 g/mol. The van der Waals surface area contributed by atoms with Crippen molar-refractivity contribution >= 4 is 11.8 Å². The predicted octanol–water partition coefficient (Wildman–Crippen LogP) is 3.91. The zero-order chi connectivity index (χ0) is 30.8. The fraction of sp³-hybridized carbons (Fsp3) is 0.276. The van der Waals surface area contributed by atoms with Crippen molar-refractivity contribution in [1.82, 2.24) is 29.4 Å². The fourth-order valence-electron chi connectivity index (χ4n) is 4.68. The number of nitrogens with zero attached hydrogens (tertiary/aromatic N) is 6. The molecule has 0 saturated heterocycles. The first-order valence-electron chi connectivity index (χ1n) is 13.0. The lowest BCUT2D eigenvalue weighted by molar-refractivity contribution is -0.137. The van der Waals surface area contributed by atoms with Crippen LogP contribution in [-0.2, 0) is 18.0 Å². The first-order chi connectivity index (χ1) is 19.9. The molecule has 0 aliphatic heterocycles. The van der Waals surface area contributed by atoms with Crippen LogP contribution in [0.4, 0.5) is 13.2 Å². The van der Waals surface area contributed by atoms with Gasteiger partial charge in [0.25, 0.3) is 11.5 Å². The minimum atomic E-state index is -4.66. The second-order valence-electron chi connectivity index (χ2n) is 9.65. The zero-order valence-electron chi connectivity index (χ0n) is 23.3. The van der Waals surface area contributed by atoms with Gasteiger partial charge in [-0.3, -0.25) is 19.1 Å². The standard InChI is InChI=1S/C29H28F3N7O3/c1-5-15-36(3)27(41)18(2)35-26(40)24-25(23-13-14-34-38(23)21-11-9-19(17-33)10-12-21)37(4)39(28(24)42)22-8-6-7-20(16-22)29(30,31)32/h6-14,16,18H,5,15H2,1-4H3,(H,35,40)/t18-/m0/s1. The highest BCUT2D eigenvalue weighted by atomic mass is 19.4. The Balaban J connectivity index is 1.91. The highest BCUT2D eigenvalue weighted by molar-refractivity contribution is 6.02. The molecule has 218 valence electrons. The summed E-state index contributed by atoms with van der Waals surface area (Å²) in [7, 11) is 3.03. The molecule has 4 rings (SSSR count). The average Bonchev–Trinajstić information content (AvgIpc) is 3.53. The molecule has 4 aromatic rings. The van der Waals surface area contributed by atoms with Gasteiger partial charge in [-0.25, -0.2) is 9.36 Å². The van der Waals surface area contributed by atoms with Gasteiger partial charge in [0.2, 0.25) is 5.91 Å². The molecule has 42 heavy (non-hydrogen) atoms. The molecule has 0 radical (unpaired) electrons. The summed E-state index contributed by atoms with van der Waals surface area (Å²) in [6, 6.07) is 13.2. The molecule has 2 aromatic heterocycles. The molecular formula is C29H28F3N7O3. The summed E-state index contributed by atoms with van der Waals surface area (Å²) in [5.74, 6) is -1.25. The Bertz CT molecular complexity index is 1730. The minimum absolute atomic E-state index is 0.0540. The van der Waals surface area contributed by atoms with Crippen molar-refractivity contribution in [3.8, 4) is 28.8 Å². The molecule has 1 atom stereocenters. The van der Waals surface area contributed by atoms with Crippen LogP contribution < -0.4 is 10.9 Å². The van der Waals surface area contributed by atoms with Crippen LogP contribution in [0.2, 0.25) is 0 Å². The van der Waals surface area contributed by atoms with Crippen LogP contribution >= 0.6 is 0 Å². The number of nitriles is 1. The number of carbonyl (C=O) groups is 2. The average molecular weight is 580 g/mol. The Labute approximate surface area is 239 Å². The number of hydrogen-bond acceptors (Lipinski definition) is 5. The summed E-state index contributed by atoms with van der Waals surface area (Å²) in [6.07, 6.45) is -2.53. The molecule has 0 bridgehead atoms. The molecule has 1 N–H and O–H groups in total. The maximum absolute atomic E-state index is 13.9. The maximum Gasteiger partial charge on any atom is 0.416 e. The van der Waals surface area contributed by atoms with Gasteiger partial charge in [0, 0.05) is 20.6 Å². The van der Waals surface area contributed by atoms with E-state index in [1.165, 1.54) is 46.6 Å². The van der Waals surface area contributed by atoms with Gasteiger partial charge in [-0.1, -0.05) is 13.0 Å². The molecule has 2 aromatic carbocycles. The van der Waals surface area contributed by atoms with Crippen molar-refractivity contribution in [3.05, 3.63) is 87.8 Å². The maximum atomic E-state index is 13.9. The van der Waals surface area contributed by atoms with Gasteiger partial charge >= 0.3 is 6.18 Å². The summed E-state index contributed by atoms with van der Waals surface area (Å²) < 4.78 is 44.3. The van der Waals surface area contributed by atoms with Gasteiger partial charge in [-0.05, 0) is 61.9 Å². The van der Waals surface area contributed by atoms with Gasteiger partial charge in [-0.2, -0.15) is 23.5 Å². The number of halogens is 3. The number of aromatic nitrogens is 4. The largest absolute Gasteiger partial charge is 0.416 e. The van der Waals surface area contributed by atoms with Crippen molar-refractivity contribution in [2.24, 2.45) is 7.05 Å². The number of carbonyl (C=O) groups excluding carboxylic acids is 2. The number of amides is 2. The number of likely N-dealkylation sites (N-methyl/N-ethyl adjacent to an activating group) is 1. The lowest BCUT2D eigenvalue weighted by Crippen LogP contribution is -2.46. The first kappa shape index (κ1) is 29.9. The molecule has 2 heterocycles. The zero-order valence-corrected chi connectivity index (χ0v) is 23.3. The molecule has 0 fully saturated rings. The van der Waals surface area contributed by atoms with E-state index >= 15 is 0 Å². The third-order valence-electron chi connectivity index (χ3n) is 6.69. The summed E-state index contributed by atoms with van der Waals surface area (Å²) >= 11 is 0. The molecule has 0 aliphatic carbocycles. The van der Waals surface area contributed by atoms with Crippen LogP contribution in [0, 0.1) is 11.3 Å². The summed E-state index contributed by atoms with van der Waals surface area (Å²) in [6.45, 7) is 3.85. The van der Waals surface area contributed by atoms with E-state index < -0.39 is 29.2 Å². The van der Waals surface area contributed by atoms with Crippen LogP contribution in [0.15, 0.2) is 65.6 Å². The Morgan fingerprint density at radius 1 is 1.12 bits per heavy atom. The second kappa shape index (κ2) is 11.8. The minimum Gasteiger partial charge on any atom is -0.344 e. The normalized spacial score (nSPS) is 12.0. The fourth-order valence-corrected chi connectivity index (χ4v) is 4.68. The molecule has 10 nitrogen and oxygen atoms in total. The number of benzene rings is 2. The highest BCUT2D eigenvalue weighted by Gasteiger charge is 2.33. The Hall–Kier alpha value is -5.12. The van der Waals surface area contributed by atoms with Crippen LogP contribution in [0.25, 0.3) is 22.8 Å². The van der Waals surface area contributed by atoms with E-state index in [9.17, 15) is 27.6 Å². The first-order valence-corrected chi connectivity index (χ1v) is 13.0. The van der Waals surface area contributed by atoms with Crippen LogP contribution in [0.1, 0.15) is 41.8 Å². The molecule has 0 unspecified atom stereocenters.